The molecule has 1 N–H and O–H groups in total. The monoisotopic (exact) mass is 363 g/mol. The zero-order chi connectivity index (χ0) is 18.6. The van der Waals surface area contributed by atoms with Crippen molar-refractivity contribution >= 4 is 17.4 Å². The van der Waals surface area contributed by atoms with Gasteiger partial charge in [0.1, 0.15) is 11.3 Å². The largest absolute Gasteiger partial charge is 0.500 e. The maximum absolute atomic E-state index is 12.8. The molecule has 0 saturated heterocycles. The molecule has 4 atom stereocenters. The molecule has 136 valence electrons. The fraction of sp³-hybridized carbons (Fsp3) is 0.368. The Morgan fingerprint density at radius 1 is 1.12 bits per heavy atom. The van der Waals surface area contributed by atoms with Gasteiger partial charge in [0.25, 0.3) is 5.91 Å². The molecule has 1 aromatic carbocycles. The summed E-state index contributed by atoms with van der Waals surface area (Å²) in [7, 11) is 1.44. The van der Waals surface area contributed by atoms with Crippen molar-refractivity contribution in [1.29, 1.82) is 0 Å². The fourth-order valence-electron chi connectivity index (χ4n) is 4.39. The number of halogens is 3. The number of amides is 1. The van der Waals surface area contributed by atoms with Gasteiger partial charge in [-0.15, -0.1) is 0 Å². The highest BCUT2D eigenvalue weighted by Gasteiger charge is 2.57. The first-order valence-electron chi connectivity index (χ1n) is 8.30. The second-order valence-electron chi connectivity index (χ2n) is 6.84. The van der Waals surface area contributed by atoms with E-state index in [2.05, 4.69) is 11.4 Å². The number of carbonyl (C=O) groups excluding carboxylic acids is 2. The van der Waals surface area contributed by atoms with Gasteiger partial charge in [-0.3, -0.25) is 9.59 Å². The molecule has 3 aliphatic carbocycles. The Hall–Kier alpha value is -2.57. The molecule has 4 rings (SSSR count). The number of carbonyl (C=O) groups is 2. The smallest absolute Gasteiger partial charge is 0.416 e. The lowest BCUT2D eigenvalue weighted by atomic mass is 9.84. The normalized spacial score (nSPS) is 29.3. The van der Waals surface area contributed by atoms with Crippen molar-refractivity contribution in [3.8, 4) is 0 Å². The minimum absolute atomic E-state index is 0.0132. The molecule has 0 radical (unpaired) electrons. The predicted octanol–water partition coefficient (Wildman–Crippen LogP) is 3.57. The van der Waals surface area contributed by atoms with E-state index < -0.39 is 17.6 Å². The van der Waals surface area contributed by atoms with Gasteiger partial charge < -0.3 is 10.1 Å². The second kappa shape index (κ2) is 5.72. The van der Waals surface area contributed by atoms with Crippen LogP contribution in [0.4, 0.5) is 18.9 Å². The van der Waals surface area contributed by atoms with E-state index in [1.54, 1.807) is 0 Å². The minimum Gasteiger partial charge on any atom is -0.500 e. The summed E-state index contributed by atoms with van der Waals surface area (Å²) in [4.78, 5) is 25.4. The average molecular weight is 363 g/mol. The van der Waals surface area contributed by atoms with Crippen LogP contribution in [-0.2, 0) is 20.5 Å². The third-order valence-corrected chi connectivity index (χ3v) is 5.47. The highest BCUT2D eigenvalue weighted by molar-refractivity contribution is 6.26. The van der Waals surface area contributed by atoms with E-state index in [1.165, 1.54) is 19.2 Å². The SMILES string of the molecule is COC1=C(C(=O)Nc2ccc(C(F)(F)F)cc2)C(=O)C2C3C=CC(C3)C12. The highest BCUT2D eigenvalue weighted by atomic mass is 19.4. The van der Waals surface area contributed by atoms with Crippen molar-refractivity contribution in [2.45, 2.75) is 12.6 Å². The number of hydrogen-bond acceptors (Lipinski definition) is 3. The predicted molar refractivity (Wildman–Crippen MR) is 86.8 cm³/mol. The lowest BCUT2D eigenvalue weighted by Gasteiger charge is -2.20. The number of fused-ring (bicyclic) bond motifs is 5. The van der Waals surface area contributed by atoms with E-state index in [-0.39, 0.29) is 40.7 Å². The summed E-state index contributed by atoms with van der Waals surface area (Å²) in [6.45, 7) is 0. The molecule has 4 nitrogen and oxygen atoms in total. The van der Waals surface area contributed by atoms with Crippen molar-refractivity contribution in [2.24, 2.45) is 23.7 Å². The van der Waals surface area contributed by atoms with Gasteiger partial charge in [-0.05, 0) is 42.5 Å². The Labute approximate surface area is 147 Å². The van der Waals surface area contributed by atoms with E-state index in [1.807, 2.05) is 6.08 Å². The first-order chi connectivity index (χ1) is 12.3. The molecule has 2 bridgehead atoms. The number of allylic oxidation sites excluding steroid dienone is 3. The second-order valence-corrected chi connectivity index (χ2v) is 6.84. The third kappa shape index (κ3) is 2.45. The number of ether oxygens (including phenoxy) is 1. The Bertz CT molecular complexity index is 839. The number of methoxy groups -OCH3 is 1. The van der Waals surface area contributed by atoms with Crippen molar-refractivity contribution in [3.63, 3.8) is 0 Å². The molecular weight excluding hydrogens is 347 g/mol. The molecule has 4 unspecified atom stereocenters. The van der Waals surface area contributed by atoms with Crippen LogP contribution in [0, 0.1) is 23.7 Å². The molecule has 1 saturated carbocycles. The highest BCUT2D eigenvalue weighted by Crippen LogP contribution is 2.56. The molecule has 3 aliphatic rings. The maximum atomic E-state index is 12.8. The summed E-state index contributed by atoms with van der Waals surface area (Å²) in [5, 5.41) is 2.51. The summed E-state index contributed by atoms with van der Waals surface area (Å²) >= 11 is 0. The van der Waals surface area contributed by atoms with Gasteiger partial charge in [-0.1, -0.05) is 12.2 Å². The Kier molecular flexibility index (Phi) is 3.71. The van der Waals surface area contributed by atoms with Gasteiger partial charge in [0, 0.05) is 17.5 Å². The Morgan fingerprint density at radius 2 is 1.73 bits per heavy atom. The van der Waals surface area contributed by atoms with Crippen LogP contribution in [0.3, 0.4) is 0 Å². The van der Waals surface area contributed by atoms with Gasteiger partial charge in [-0.25, -0.2) is 0 Å². The lowest BCUT2D eigenvalue weighted by Crippen LogP contribution is -2.25. The summed E-state index contributed by atoms with van der Waals surface area (Å²) < 4.78 is 43.3. The molecule has 0 spiro atoms. The molecule has 1 amide bonds. The number of benzene rings is 1. The van der Waals surface area contributed by atoms with E-state index in [9.17, 15) is 22.8 Å². The van der Waals surface area contributed by atoms with Gasteiger partial charge >= 0.3 is 6.18 Å². The topological polar surface area (TPSA) is 55.4 Å². The van der Waals surface area contributed by atoms with Gasteiger partial charge in [0.2, 0.25) is 0 Å². The first-order valence-corrected chi connectivity index (χ1v) is 8.30. The molecular formula is C19H16F3NO3. The number of rotatable bonds is 3. The van der Waals surface area contributed by atoms with Crippen LogP contribution in [0.5, 0.6) is 0 Å². The van der Waals surface area contributed by atoms with Crippen molar-refractivity contribution < 1.29 is 27.5 Å². The number of alkyl halides is 3. The van der Waals surface area contributed by atoms with E-state index in [4.69, 9.17) is 4.74 Å². The zero-order valence-corrected chi connectivity index (χ0v) is 13.8. The van der Waals surface area contributed by atoms with E-state index in [0.29, 0.717) is 5.76 Å². The van der Waals surface area contributed by atoms with Crippen LogP contribution in [-0.4, -0.2) is 18.8 Å². The Morgan fingerprint density at radius 3 is 2.31 bits per heavy atom. The summed E-state index contributed by atoms with van der Waals surface area (Å²) in [6, 6.07) is 4.10. The summed E-state index contributed by atoms with van der Waals surface area (Å²) in [6.07, 6.45) is 0.531. The van der Waals surface area contributed by atoms with Gasteiger partial charge in [0.05, 0.1) is 12.7 Å². The molecule has 1 fully saturated rings. The quantitative estimate of drug-likeness (QED) is 0.660. The van der Waals surface area contributed by atoms with Crippen molar-refractivity contribution in [2.75, 3.05) is 12.4 Å². The first kappa shape index (κ1) is 16.9. The molecule has 26 heavy (non-hydrogen) atoms. The Balaban J connectivity index is 1.58. The number of hydrogen-bond donors (Lipinski definition) is 1. The lowest BCUT2D eigenvalue weighted by molar-refractivity contribution is -0.137. The number of anilines is 1. The number of ketones is 1. The van der Waals surface area contributed by atoms with E-state index in [0.717, 1.165) is 18.6 Å². The van der Waals surface area contributed by atoms with Gasteiger partial charge in [-0.2, -0.15) is 13.2 Å². The van der Waals surface area contributed by atoms with Crippen LogP contribution in [0.2, 0.25) is 0 Å². The van der Waals surface area contributed by atoms with Crippen molar-refractivity contribution in [1.82, 2.24) is 0 Å². The number of Topliss-reactive ketones (excluding diaryl/α,β-unsaturated/α-hetero) is 1. The molecule has 7 heteroatoms. The number of nitrogens with one attached hydrogen (secondary N) is 1. The maximum Gasteiger partial charge on any atom is 0.416 e. The molecule has 0 heterocycles. The molecule has 1 aromatic rings. The third-order valence-electron chi connectivity index (χ3n) is 5.47. The van der Waals surface area contributed by atoms with Gasteiger partial charge in [0.15, 0.2) is 5.78 Å². The summed E-state index contributed by atoms with van der Waals surface area (Å²) in [5.41, 5.74) is -0.626. The van der Waals surface area contributed by atoms with Crippen LogP contribution in [0.1, 0.15) is 12.0 Å². The zero-order valence-electron chi connectivity index (χ0n) is 13.8. The standard InChI is InChI=1S/C19H16F3NO3/c1-26-17-14-10-3-2-9(8-10)13(14)16(24)15(17)18(25)23-12-6-4-11(5-7-12)19(20,21)22/h2-7,9-10,13-14H,8H2,1H3,(H,23,25). The van der Waals surface area contributed by atoms with Crippen molar-refractivity contribution in [3.05, 3.63) is 53.3 Å². The average Bonchev–Trinajstić information content (AvgIpc) is 3.26. The van der Waals surface area contributed by atoms with Crippen LogP contribution in [0.15, 0.2) is 47.7 Å². The fourth-order valence-corrected chi connectivity index (χ4v) is 4.39. The molecule has 0 aliphatic heterocycles. The molecule has 0 aromatic heterocycles. The van der Waals surface area contributed by atoms with Crippen LogP contribution in [0.25, 0.3) is 0 Å². The van der Waals surface area contributed by atoms with Crippen LogP contribution < -0.4 is 5.32 Å². The minimum atomic E-state index is -4.45. The van der Waals surface area contributed by atoms with E-state index >= 15 is 0 Å². The summed E-state index contributed by atoms with van der Waals surface area (Å²) in [5.74, 6) is -0.557. The van der Waals surface area contributed by atoms with Crippen LogP contribution >= 0.6 is 0 Å².